The lowest BCUT2D eigenvalue weighted by Gasteiger charge is -2.26. The second-order valence-electron chi connectivity index (χ2n) is 2.99. The van der Waals surface area contributed by atoms with E-state index in [0.29, 0.717) is 6.61 Å². The molecule has 0 radical (unpaired) electrons. The predicted molar refractivity (Wildman–Crippen MR) is 48.4 cm³/mol. The van der Waals surface area contributed by atoms with Crippen molar-refractivity contribution in [2.45, 2.75) is 0 Å². The molecule has 1 aliphatic heterocycles. The van der Waals surface area contributed by atoms with E-state index in [1.54, 1.807) is 0 Å². The molecule has 6 heteroatoms. The van der Waals surface area contributed by atoms with Gasteiger partial charge in [0.1, 0.15) is 6.61 Å². The van der Waals surface area contributed by atoms with Gasteiger partial charge in [0.2, 0.25) is 0 Å². The highest BCUT2D eigenvalue weighted by Crippen LogP contribution is 1.95. The number of nitrogens with zero attached hydrogens (tertiary/aromatic N) is 1. The van der Waals surface area contributed by atoms with Gasteiger partial charge in [-0.25, -0.2) is 10.7 Å². The molecule has 0 aliphatic carbocycles. The van der Waals surface area contributed by atoms with Gasteiger partial charge in [-0.1, -0.05) is 0 Å². The van der Waals surface area contributed by atoms with Crippen LogP contribution in [-0.2, 0) is 19.1 Å². The average Bonchev–Trinajstić information content (AvgIpc) is 2.20. The summed E-state index contributed by atoms with van der Waals surface area (Å²) in [6, 6.07) is 0. The van der Waals surface area contributed by atoms with Crippen LogP contribution >= 0.6 is 0 Å². The van der Waals surface area contributed by atoms with Gasteiger partial charge in [0, 0.05) is 19.6 Å². The molecular formula is C8H16N2O4. The number of rotatable bonds is 5. The Morgan fingerprint density at radius 3 is 2.79 bits per heavy atom. The third-order valence-electron chi connectivity index (χ3n) is 1.98. The van der Waals surface area contributed by atoms with Gasteiger partial charge in [-0.3, -0.25) is 9.74 Å². The Hall–Kier alpha value is -0.690. The largest absolute Gasteiger partial charge is 0.463 e. The number of carbonyl (C=O) groups is 1. The van der Waals surface area contributed by atoms with Crippen LogP contribution in [-0.4, -0.2) is 56.9 Å². The molecule has 0 saturated carbocycles. The Balaban J connectivity index is 1.99. The number of ether oxygens (including phenoxy) is 2. The molecule has 1 fully saturated rings. The van der Waals surface area contributed by atoms with Gasteiger partial charge < -0.3 is 9.47 Å². The first-order valence-electron chi connectivity index (χ1n) is 4.60. The van der Waals surface area contributed by atoms with E-state index in [2.05, 4.69) is 9.74 Å². The van der Waals surface area contributed by atoms with Gasteiger partial charge in [-0.15, -0.1) is 0 Å². The van der Waals surface area contributed by atoms with E-state index >= 15 is 0 Å². The van der Waals surface area contributed by atoms with Crippen molar-refractivity contribution in [3.8, 4) is 0 Å². The number of hydrogen-bond acceptors (Lipinski definition) is 6. The minimum Gasteiger partial charge on any atom is -0.463 e. The van der Waals surface area contributed by atoms with E-state index < -0.39 is 5.97 Å². The lowest BCUT2D eigenvalue weighted by molar-refractivity contribution is -0.149. The molecule has 1 saturated heterocycles. The van der Waals surface area contributed by atoms with Crippen LogP contribution in [0, 0.1) is 0 Å². The van der Waals surface area contributed by atoms with Crippen molar-refractivity contribution >= 4 is 5.97 Å². The number of morpholine rings is 1. The van der Waals surface area contributed by atoms with Gasteiger partial charge >= 0.3 is 5.97 Å². The van der Waals surface area contributed by atoms with Crippen molar-refractivity contribution in [2.75, 3.05) is 46.1 Å². The fraction of sp³-hybridized carbons (Fsp3) is 0.875. The summed E-state index contributed by atoms with van der Waals surface area (Å²) < 4.78 is 10.0. The van der Waals surface area contributed by atoms with Crippen LogP contribution in [0.3, 0.4) is 0 Å². The molecule has 0 amide bonds. The van der Waals surface area contributed by atoms with Crippen LogP contribution in [0.15, 0.2) is 0 Å². The Morgan fingerprint density at radius 1 is 1.43 bits per heavy atom. The number of carbonyl (C=O) groups excluding carboxylic acids is 1. The molecule has 6 nitrogen and oxygen atoms in total. The fourth-order valence-electron chi connectivity index (χ4n) is 1.22. The summed E-state index contributed by atoms with van der Waals surface area (Å²) in [5.74, 6) is 4.29. The first-order valence-corrected chi connectivity index (χ1v) is 4.60. The van der Waals surface area contributed by atoms with Crippen molar-refractivity contribution in [1.82, 2.24) is 4.90 Å². The second kappa shape index (κ2) is 6.72. The Morgan fingerprint density at radius 2 is 2.14 bits per heavy atom. The van der Waals surface area contributed by atoms with Crippen molar-refractivity contribution in [2.24, 2.45) is 5.90 Å². The summed E-state index contributed by atoms with van der Waals surface area (Å²) in [7, 11) is 0. The zero-order chi connectivity index (χ0) is 10.2. The third kappa shape index (κ3) is 4.52. The number of hydrogen-bond donors (Lipinski definition) is 1. The summed E-state index contributed by atoms with van der Waals surface area (Å²) >= 11 is 0. The van der Waals surface area contributed by atoms with Crippen LogP contribution in [0.5, 0.6) is 0 Å². The average molecular weight is 204 g/mol. The van der Waals surface area contributed by atoms with Crippen LogP contribution in [0.1, 0.15) is 0 Å². The standard InChI is InChI=1S/C8H16N2O4/c9-14-7-8(11)13-6-3-10-1-4-12-5-2-10/h1-7,9H2. The third-order valence-corrected chi connectivity index (χ3v) is 1.98. The van der Waals surface area contributed by atoms with E-state index in [1.165, 1.54) is 0 Å². The molecule has 82 valence electrons. The molecule has 0 aromatic rings. The molecular weight excluding hydrogens is 188 g/mol. The van der Waals surface area contributed by atoms with E-state index in [-0.39, 0.29) is 6.61 Å². The van der Waals surface area contributed by atoms with Crippen molar-refractivity contribution < 1.29 is 19.1 Å². The molecule has 0 aromatic carbocycles. The molecule has 0 spiro atoms. The monoisotopic (exact) mass is 204 g/mol. The van der Waals surface area contributed by atoms with E-state index in [4.69, 9.17) is 15.4 Å². The summed E-state index contributed by atoms with van der Waals surface area (Å²) in [5, 5.41) is 0. The zero-order valence-corrected chi connectivity index (χ0v) is 8.11. The lowest BCUT2D eigenvalue weighted by Crippen LogP contribution is -2.38. The normalized spacial score (nSPS) is 18.1. The highest BCUT2D eigenvalue weighted by Gasteiger charge is 2.10. The zero-order valence-electron chi connectivity index (χ0n) is 8.11. The number of nitrogens with two attached hydrogens (primary N) is 1. The van der Waals surface area contributed by atoms with Crippen molar-refractivity contribution in [1.29, 1.82) is 0 Å². The quantitative estimate of drug-likeness (QED) is 0.445. The molecule has 0 bridgehead atoms. The van der Waals surface area contributed by atoms with Gasteiger partial charge in [-0.2, -0.15) is 0 Å². The highest BCUT2D eigenvalue weighted by atomic mass is 16.6. The smallest absolute Gasteiger partial charge is 0.334 e. The SMILES string of the molecule is NOCC(=O)OCCN1CCOCC1. The van der Waals surface area contributed by atoms with Crippen LogP contribution < -0.4 is 5.90 Å². The summed E-state index contributed by atoms with van der Waals surface area (Å²) in [6.45, 7) is 4.21. The molecule has 0 aromatic heterocycles. The minimum absolute atomic E-state index is 0.191. The molecule has 14 heavy (non-hydrogen) atoms. The summed E-state index contributed by atoms with van der Waals surface area (Å²) in [4.78, 5) is 17.1. The van der Waals surface area contributed by atoms with E-state index in [0.717, 1.165) is 32.8 Å². The van der Waals surface area contributed by atoms with Gasteiger partial charge in [-0.05, 0) is 0 Å². The molecule has 0 unspecified atom stereocenters. The Bertz CT molecular complexity index is 171. The molecule has 2 N–H and O–H groups in total. The molecule has 0 atom stereocenters. The summed E-state index contributed by atoms with van der Waals surface area (Å²) in [6.07, 6.45) is 0. The first-order chi connectivity index (χ1) is 6.83. The Kier molecular flexibility index (Phi) is 5.46. The van der Waals surface area contributed by atoms with Crippen molar-refractivity contribution in [3.05, 3.63) is 0 Å². The lowest BCUT2D eigenvalue weighted by atomic mass is 10.4. The van der Waals surface area contributed by atoms with Crippen LogP contribution in [0.2, 0.25) is 0 Å². The highest BCUT2D eigenvalue weighted by molar-refractivity contribution is 5.70. The van der Waals surface area contributed by atoms with Crippen molar-refractivity contribution in [3.63, 3.8) is 0 Å². The molecule has 1 heterocycles. The number of esters is 1. The summed E-state index contributed by atoms with van der Waals surface area (Å²) in [5.41, 5.74) is 0. The topological polar surface area (TPSA) is 74.0 Å². The first kappa shape index (κ1) is 11.4. The van der Waals surface area contributed by atoms with Gasteiger partial charge in [0.25, 0.3) is 0 Å². The second-order valence-corrected chi connectivity index (χ2v) is 2.99. The maximum atomic E-state index is 10.8. The Labute approximate surface area is 82.8 Å². The van der Waals surface area contributed by atoms with E-state index in [9.17, 15) is 4.79 Å². The van der Waals surface area contributed by atoms with E-state index in [1.807, 2.05) is 0 Å². The predicted octanol–water partition coefficient (Wildman–Crippen LogP) is -1.25. The maximum absolute atomic E-state index is 10.8. The molecule has 1 rings (SSSR count). The van der Waals surface area contributed by atoms with Crippen LogP contribution in [0.25, 0.3) is 0 Å². The minimum atomic E-state index is -0.430. The molecule has 1 aliphatic rings. The van der Waals surface area contributed by atoms with Crippen LogP contribution in [0.4, 0.5) is 0 Å². The van der Waals surface area contributed by atoms with Gasteiger partial charge in [0.15, 0.2) is 6.61 Å². The fourth-order valence-corrected chi connectivity index (χ4v) is 1.22. The maximum Gasteiger partial charge on any atom is 0.334 e. The van der Waals surface area contributed by atoms with Gasteiger partial charge in [0.05, 0.1) is 13.2 Å².